The van der Waals surface area contributed by atoms with Crippen LogP contribution >= 0.6 is 0 Å². The van der Waals surface area contributed by atoms with Gasteiger partial charge in [-0.05, 0) is 43.4 Å². The predicted molar refractivity (Wildman–Crippen MR) is 69.1 cm³/mol. The first-order valence-electron chi connectivity index (χ1n) is 6.45. The number of rotatable bonds is 3. The first kappa shape index (κ1) is 12.4. The van der Waals surface area contributed by atoms with Crippen molar-refractivity contribution in [3.63, 3.8) is 0 Å². The van der Waals surface area contributed by atoms with Gasteiger partial charge >= 0.3 is 0 Å². The van der Waals surface area contributed by atoms with Gasteiger partial charge in [0, 0.05) is 12.1 Å². The van der Waals surface area contributed by atoms with Crippen molar-refractivity contribution in [2.45, 2.75) is 32.1 Å². The van der Waals surface area contributed by atoms with Crippen LogP contribution < -0.4 is 10.5 Å². The number of hydrogen-bond donors (Lipinski definition) is 1. The Morgan fingerprint density at radius 1 is 1.47 bits per heavy atom. The molecule has 3 unspecified atom stereocenters. The third kappa shape index (κ3) is 2.60. The van der Waals surface area contributed by atoms with Crippen LogP contribution in [-0.2, 0) is 0 Å². The lowest BCUT2D eigenvalue weighted by Gasteiger charge is -2.34. The third-order valence-electron chi connectivity index (χ3n) is 3.93. The van der Waals surface area contributed by atoms with Gasteiger partial charge in [-0.25, -0.2) is 0 Å². The average molecular weight is 234 g/mol. The lowest BCUT2D eigenvalue weighted by molar-refractivity contribution is 0.244. The number of pyridine rings is 1. The molecule has 1 heterocycles. The maximum atomic E-state index is 5.90. The zero-order valence-electron chi connectivity index (χ0n) is 10.7. The Morgan fingerprint density at radius 3 is 3.00 bits per heavy atom. The van der Waals surface area contributed by atoms with E-state index in [9.17, 15) is 0 Å². The molecule has 1 saturated carbocycles. The van der Waals surface area contributed by atoms with Gasteiger partial charge in [0.2, 0.25) is 0 Å². The third-order valence-corrected chi connectivity index (χ3v) is 3.93. The van der Waals surface area contributed by atoms with Gasteiger partial charge in [0.05, 0.1) is 12.8 Å². The first-order chi connectivity index (χ1) is 8.26. The molecule has 3 heteroatoms. The monoisotopic (exact) mass is 234 g/mol. The van der Waals surface area contributed by atoms with Crippen molar-refractivity contribution in [2.24, 2.45) is 17.6 Å². The number of hydrogen-bond acceptors (Lipinski definition) is 3. The summed E-state index contributed by atoms with van der Waals surface area (Å²) >= 11 is 0. The average Bonchev–Trinajstić information content (AvgIpc) is 2.38. The number of methoxy groups -OCH3 is 1. The lowest BCUT2D eigenvalue weighted by Crippen LogP contribution is -2.29. The molecule has 1 aliphatic rings. The van der Waals surface area contributed by atoms with Crippen molar-refractivity contribution in [3.8, 4) is 5.75 Å². The van der Waals surface area contributed by atoms with Crippen molar-refractivity contribution < 1.29 is 4.74 Å². The topological polar surface area (TPSA) is 48.1 Å². The Morgan fingerprint density at radius 2 is 2.29 bits per heavy atom. The van der Waals surface area contributed by atoms with Crippen molar-refractivity contribution >= 4 is 0 Å². The quantitative estimate of drug-likeness (QED) is 0.874. The van der Waals surface area contributed by atoms with E-state index in [2.05, 4.69) is 11.9 Å². The van der Waals surface area contributed by atoms with Crippen molar-refractivity contribution in [2.75, 3.05) is 13.7 Å². The molecule has 1 aromatic rings. The molecule has 17 heavy (non-hydrogen) atoms. The second-order valence-electron chi connectivity index (χ2n) is 5.11. The molecule has 1 aromatic heterocycles. The minimum atomic E-state index is 0.458. The van der Waals surface area contributed by atoms with Gasteiger partial charge in [-0.3, -0.25) is 4.98 Å². The van der Waals surface area contributed by atoms with Gasteiger partial charge in [0.15, 0.2) is 0 Å². The largest absolute Gasteiger partial charge is 0.495 e. The molecule has 1 aliphatic carbocycles. The fourth-order valence-corrected chi connectivity index (χ4v) is 2.91. The van der Waals surface area contributed by atoms with Crippen LogP contribution in [0.1, 0.15) is 37.8 Å². The molecule has 0 saturated heterocycles. The Kier molecular flexibility index (Phi) is 4.00. The van der Waals surface area contributed by atoms with Crippen LogP contribution in [0.4, 0.5) is 0 Å². The molecular weight excluding hydrogens is 212 g/mol. The molecule has 3 atom stereocenters. The van der Waals surface area contributed by atoms with Crippen LogP contribution in [0.25, 0.3) is 0 Å². The molecule has 0 radical (unpaired) electrons. The molecule has 0 spiro atoms. The SMILES string of the molecule is COc1cccnc1C1CC(C)CCC1CN. The van der Waals surface area contributed by atoms with E-state index in [0.717, 1.165) is 23.9 Å². The van der Waals surface area contributed by atoms with E-state index in [1.54, 1.807) is 7.11 Å². The summed E-state index contributed by atoms with van der Waals surface area (Å²) in [6.07, 6.45) is 5.52. The molecule has 2 rings (SSSR count). The standard InChI is InChI=1S/C14H22N2O/c1-10-5-6-11(9-15)12(8-10)14-13(17-2)4-3-7-16-14/h3-4,7,10-12H,5-6,8-9,15H2,1-2H3. The van der Waals surface area contributed by atoms with Gasteiger partial charge in [-0.1, -0.05) is 13.3 Å². The van der Waals surface area contributed by atoms with Crippen LogP contribution in [-0.4, -0.2) is 18.6 Å². The fraction of sp³-hybridized carbons (Fsp3) is 0.643. The minimum absolute atomic E-state index is 0.458. The van der Waals surface area contributed by atoms with E-state index in [4.69, 9.17) is 10.5 Å². The highest BCUT2D eigenvalue weighted by Gasteiger charge is 2.31. The van der Waals surface area contributed by atoms with Gasteiger partial charge in [-0.2, -0.15) is 0 Å². The number of aromatic nitrogens is 1. The Hall–Kier alpha value is -1.09. The summed E-state index contributed by atoms with van der Waals surface area (Å²) in [6, 6.07) is 3.92. The van der Waals surface area contributed by atoms with Gasteiger partial charge < -0.3 is 10.5 Å². The molecule has 3 nitrogen and oxygen atoms in total. The van der Waals surface area contributed by atoms with Crippen LogP contribution in [0.5, 0.6) is 5.75 Å². The van der Waals surface area contributed by atoms with E-state index in [0.29, 0.717) is 11.8 Å². The first-order valence-corrected chi connectivity index (χ1v) is 6.45. The van der Waals surface area contributed by atoms with Gasteiger partial charge in [0.1, 0.15) is 5.75 Å². The summed E-state index contributed by atoms with van der Waals surface area (Å²) < 4.78 is 5.42. The zero-order valence-corrected chi connectivity index (χ0v) is 10.7. The number of nitrogens with two attached hydrogens (primary N) is 1. The van der Waals surface area contributed by atoms with E-state index in [1.807, 2.05) is 18.3 Å². The van der Waals surface area contributed by atoms with Crippen LogP contribution in [0.15, 0.2) is 18.3 Å². The highest BCUT2D eigenvalue weighted by Crippen LogP contribution is 2.41. The smallest absolute Gasteiger partial charge is 0.140 e. The van der Waals surface area contributed by atoms with Crippen LogP contribution in [0, 0.1) is 11.8 Å². The zero-order chi connectivity index (χ0) is 12.3. The van der Waals surface area contributed by atoms with E-state index in [-0.39, 0.29) is 0 Å². The number of ether oxygens (including phenoxy) is 1. The maximum Gasteiger partial charge on any atom is 0.140 e. The highest BCUT2D eigenvalue weighted by molar-refractivity contribution is 5.30. The van der Waals surface area contributed by atoms with Crippen LogP contribution in [0.2, 0.25) is 0 Å². The molecule has 1 fully saturated rings. The summed E-state index contributed by atoms with van der Waals surface area (Å²) in [6.45, 7) is 3.06. The maximum absolute atomic E-state index is 5.90. The molecule has 0 aromatic carbocycles. The Labute approximate surface area is 103 Å². The molecule has 0 amide bonds. The molecule has 2 N–H and O–H groups in total. The second-order valence-corrected chi connectivity index (χ2v) is 5.11. The molecular formula is C14H22N2O. The molecule has 0 aliphatic heterocycles. The number of nitrogens with zero attached hydrogens (tertiary/aromatic N) is 1. The van der Waals surface area contributed by atoms with Gasteiger partial charge in [0.25, 0.3) is 0 Å². The normalized spacial score (nSPS) is 29.0. The highest BCUT2D eigenvalue weighted by atomic mass is 16.5. The Bertz CT molecular complexity index is 367. The second kappa shape index (κ2) is 5.50. The summed E-state index contributed by atoms with van der Waals surface area (Å²) in [5.41, 5.74) is 6.99. The van der Waals surface area contributed by atoms with Crippen molar-refractivity contribution in [3.05, 3.63) is 24.0 Å². The van der Waals surface area contributed by atoms with Crippen molar-refractivity contribution in [1.82, 2.24) is 4.98 Å². The summed E-state index contributed by atoms with van der Waals surface area (Å²) in [5.74, 6) is 2.68. The van der Waals surface area contributed by atoms with Crippen LogP contribution in [0.3, 0.4) is 0 Å². The molecule has 94 valence electrons. The Balaban J connectivity index is 2.28. The summed E-state index contributed by atoms with van der Waals surface area (Å²) in [7, 11) is 1.71. The van der Waals surface area contributed by atoms with E-state index in [1.165, 1.54) is 19.3 Å². The predicted octanol–water partition coefficient (Wildman–Crippen LogP) is 2.57. The minimum Gasteiger partial charge on any atom is -0.495 e. The van der Waals surface area contributed by atoms with Gasteiger partial charge in [-0.15, -0.1) is 0 Å². The van der Waals surface area contributed by atoms with Crippen molar-refractivity contribution in [1.29, 1.82) is 0 Å². The molecule has 0 bridgehead atoms. The summed E-state index contributed by atoms with van der Waals surface area (Å²) in [4.78, 5) is 4.53. The summed E-state index contributed by atoms with van der Waals surface area (Å²) in [5, 5.41) is 0. The lowest BCUT2D eigenvalue weighted by atomic mass is 9.73. The fourth-order valence-electron chi connectivity index (χ4n) is 2.91. The van der Waals surface area contributed by atoms with E-state index < -0.39 is 0 Å². The van der Waals surface area contributed by atoms with E-state index >= 15 is 0 Å².